The van der Waals surface area contributed by atoms with Gasteiger partial charge in [-0.3, -0.25) is 4.79 Å². The van der Waals surface area contributed by atoms with E-state index >= 15 is 0 Å². The number of rotatable bonds is 8. The third-order valence-electron chi connectivity index (χ3n) is 3.90. The number of piperidine rings is 1. The maximum Gasteiger partial charge on any atom is 0.222 e. The molecule has 0 unspecified atom stereocenters. The quantitative estimate of drug-likeness (QED) is 0.675. The molecule has 0 aromatic rings. The van der Waals surface area contributed by atoms with Crippen LogP contribution in [0.3, 0.4) is 0 Å². The Kier molecular flexibility index (Phi) is 8.06. The molecule has 0 atom stereocenters. The predicted octanol–water partition coefficient (Wildman–Crippen LogP) is 2.95. The van der Waals surface area contributed by atoms with Crippen LogP contribution in [0.15, 0.2) is 0 Å². The number of nitrogens with zero attached hydrogens (tertiary/aromatic N) is 1. The molecule has 1 aliphatic heterocycles. The molecule has 0 aliphatic carbocycles. The Morgan fingerprint density at radius 3 is 2.39 bits per heavy atom. The maximum atomic E-state index is 12.2. The smallest absolute Gasteiger partial charge is 0.222 e. The molecule has 1 saturated heterocycles. The van der Waals surface area contributed by atoms with Gasteiger partial charge in [0.15, 0.2) is 0 Å². The molecule has 0 aromatic heterocycles. The molecular weight excluding hydrogens is 224 g/mol. The Bertz CT molecular complexity index is 225. The third-order valence-corrected chi connectivity index (χ3v) is 3.90. The molecule has 3 heteroatoms. The number of hydrogen-bond donors (Lipinski definition) is 1. The molecule has 3 nitrogen and oxygen atoms in total. The van der Waals surface area contributed by atoms with E-state index < -0.39 is 0 Å². The Hall–Kier alpha value is -0.570. The van der Waals surface area contributed by atoms with Gasteiger partial charge in [-0.25, -0.2) is 0 Å². The average Bonchev–Trinajstić information content (AvgIpc) is 2.40. The fraction of sp³-hybridized carbons (Fsp3) is 0.933. The van der Waals surface area contributed by atoms with Crippen molar-refractivity contribution in [2.45, 2.75) is 71.3 Å². The minimum absolute atomic E-state index is 0.376. The number of hydrogen-bond acceptors (Lipinski definition) is 2. The van der Waals surface area contributed by atoms with Gasteiger partial charge < -0.3 is 10.2 Å². The molecule has 0 aromatic carbocycles. The lowest BCUT2D eigenvalue weighted by atomic mass is 10.0. The Morgan fingerprint density at radius 2 is 1.78 bits per heavy atom. The molecule has 0 saturated carbocycles. The van der Waals surface area contributed by atoms with Crippen molar-refractivity contribution in [2.24, 2.45) is 0 Å². The molecule has 0 spiro atoms. The third kappa shape index (κ3) is 5.38. The molecule has 1 amide bonds. The van der Waals surface area contributed by atoms with E-state index in [-0.39, 0.29) is 0 Å². The van der Waals surface area contributed by atoms with Gasteiger partial charge in [-0.1, -0.05) is 32.6 Å². The molecule has 106 valence electrons. The van der Waals surface area contributed by atoms with Gasteiger partial charge in [-0.15, -0.1) is 0 Å². The summed E-state index contributed by atoms with van der Waals surface area (Å²) in [4.78, 5) is 14.3. The highest BCUT2D eigenvalue weighted by molar-refractivity contribution is 5.76. The average molecular weight is 254 g/mol. The van der Waals surface area contributed by atoms with Gasteiger partial charge in [0.05, 0.1) is 0 Å². The zero-order valence-corrected chi connectivity index (χ0v) is 12.2. The van der Waals surface area contributed by atoms with Gasteiger partial charge in [0.2, 0.25) is 5.91 Å². The minimum atomic E-state index is 0.376. The molecule has 1 rings (SSSR count). The number of carbonyl (C=O) groups excluding carboxylic acids is 1. The van der Waals surface area contributed by atoms with Crippen molar-refractivity contribution in [3.05, 3.63) is 0 Å². The zero-order valence-electron chi connectivity index (χ0n) is 12.2. The first kappa shape index (κ1) is 15.5. The largest absolute Gasteiger partial charge is 0.340 e. The minimum Gasteiger partial charge on any atom is -0.340 e. The molecule has 0 radical (unpaired) electrons. The Balaban J connectivity index is 2.23. The van der Waals surface area contributed by atoms with Crippen LogP contribution in [0.5, 0.6) is 0 Å². The van der Waals surface area contributed by atoms with Crippen molar-refractivity contribution < 1.29 is 4.79 Å². The second kappa shape index (κ2) is 9.37. The van der Waals surface area contributed by atoms with Crippen LogP contribution in [0.2, 0.25) is 0 Å². The van der Waals surface area contributed by atoms with Crippen LogP contribution in [0.1, 0.15) is 65.2 Å². The van der Waals surface area contributed by atoms with Crippen LogP contribution in [0, 0.1) is 0 Å². The highest BCUT2D eigenvalue weighted by atomic mass is 16.2. The van der Waals surface area contributed by atoms with Crippen molar-refractivity contribution in [1.82, 2.24) is 10.2 Å². The zero-order chi connectivity index (χ0) is 13.2. The summed E-state index contributed by atoms with van der Waals surface area (Å²) in [6.07, 6.45) is 9.13. The van der Waals surface area contributed by atoms with E-state index in [1.807, 2.05) is 0 Å². The van der Waals surface area contributed by atoms with E-state index in [9.17, 15) is 4.79 Å². The number of carbonyl (C=O) groups is 1. The Morgan fingerprint density at radius 1 is 1.11 bits per heavy atom. The lowest BCUT2D eigenvalue weighted by molar-refractivity contribution is -0.133. The van der Waals surface area contributed by atoms with E-state index in [1.165, 1.54) is 25.7 Å². The number of nitrogens with one attached hydrogen (secondary N) is 1. The van der Waals surface area contributed by atoms with Crippen LogP contribution in [-0.2, 0) is 4.79 Å². The van der Waals surface area contributed by atoms with E-state index in [2.05, 4.69) is 24.1 Å². The van der Waals surface area contributed by atoms with Crippen LogP contribution in [0.4, 0.5) is 0 Å². The molecule has 1 aliphatic rings. The summed E-state index contributed by atoms with van der Waals surface area (Å²) in [7, 11) is 0. The summed E-state index contributed by atoms with van der Waals surface area (Å²) in [6, 6.07) is 0.486. The number of unbranched alkanes of at least 4 members (excludes halogenated alkanes) is 4. The topological polar surface area (TPSA) is 32.3 Å². The fourth-order valence-corrected chi connectivity index (χ4v) is 2.78. The fourth-order valence-electron chi connectivity index (χ4n) is 2.78. The van der Waals surface area contributed by atoms with Crippen LogP contribution >= 0.6 is 0 Å². The summed E-state index contributed by atoms with van der Waals surface area (Å²) in [5.41, 5.74) is 0. The standard InChI is InChI=1S/C15H30N2O/c1-3-5-6-7-8-9-15(18)17(4-2)14-10-12-16-13-11-14/h14,16H,3-13H2,1-2H3. The van der Waals surface area contributed by atoms with Crippen molar-refractivity contribution in [2.75, 3.05) is 19.6 Å². The number of amides is 1. The SMILES string of the molecule is CCCCCCCC(=O)N(CC)C1CCNCC1. The monoisotopic (exact) mass is 254 g/mol. The first-order chi connectivity index (χ1) is 8.79. The van der Waals surface area contributed by atoms with E-state index in [4.69, 9.17) is 0 Å². The predicted molar refractivity (Wildman–Crippen MR) is 76.7 cm³/mol. The lowest BCUT2D eigenvalue weighted by Crippen LogP contribution is -2.46. The second-order valence-electron chi connectivity index (χ2n) is 5.33. The summed E-state index contributed by atoms with van der Waals surface area (Å²) in [6.45, 7) is 7.33. The van der Waals surface area contributed by atoms with Gasteiger partial charge in [-0.2, -0.15) is 0 Å². The highest BCUT2D eigenvalue weighted by Crippen LogP contribution is 2.14. The molecule has 1 heterocycles. The van der Waals surface area contributed by atoms with Gasteiger partial charge in [0.25, 0.3) is 0 Å². The summed E-state index contributed by atoms with van der Waals surface area (Å²) >= 11 is 0. The van der Waals surface area contributed by atoms with Gasteiger partial charge in [0, 0.05) is 19.0 Å². The molecule has 1 N–H and O–H groups in total. The second-order valence-corrected chi connectivity index (χ2v) is 5.33. The van der Waals surface area contributed by atoms with Crippen LogP contribution in [-0.4, -0.2) is 36.5 Å². The van der Waals surface area contributed by atoms with Crippen molar-refractivity contribution in [3.8, 4) is 0 Å². The Labute approximate surface area is 112 Å². The van der Waals surface area contributed by atoms with Crippen molar-refractivity contribution in [1.29, 1.82) is 0 Å². The van der Waals surface area contributed by atoms with Gasteiger partial charge in [-0.05, 0) is 39.3 Å². The molecule has 1 fully saturated rings. The molecular formula is C15H30N2O. The highest BCUT2D eigenvalue weighted by Gasteiger charge is 2.23. The summed E-state index contributed by atoms with van der Waals surface area (Å²) in [5.74, 6) is 0.376. The summed E-state index contributed by atoms with van der Waals surface area (Å²) < 4.78 is 0. The van der Waals surface area contributed by atoms with Gasteiger partial charge in [0.1, 0.15) is 0 Å². The van der Waals surface area contributed by atoms with Gasteiger partial charge >= 0.3 is 0 Å². The van der Waals surface area contributed by atoms with Crippen LogP contribution in [0.25, 0.3) is 0 Å². The van der Waals surface area contributed by atoms with E-state index in [0.29, 0.717) is 11.9 Å². The first-order valence-corrected chi connectivity index (χ1v) is 7.79. The maximum absolute atomic E-state index is 12.2. The van der Waals surface area contributed by atoms with E-state index in [1.54, 1.807) is 0 Å². The van der Waals surface area contributed by atoms with Crippen molar-refractivity contribution in [3.63, 3.8) is 0 Å². The molecule has 18 heavy (non-hydrogen) atoms. The lowest BCUT2D eigenvalue weighted by Gasteiger charge is -2.34. The first-order valence-electron chi connectivity index (χ1n) is 7.79. The van der Waals surface area contributed by atoms with Crippen molar-refractivity contribution >= 4 is 5.91 Å². The van der Waals surface area contributed by atoms with E-state index in [0.717, 1.165) is 45.3 Å². The summed E-state index contributed by atoms with van der Waals surface area (Å²) in [5, 5.41) is 3.36. The normalized spacial score (nSPS) is 16.8. The molecule has 0 bridgehead atoms. The van der Waals surface area contributed by atoms with Crippen LogP contribution < -0.4 is 5.32 Å².